The van der Waals surface area contributed by atoms with Crippen LogP contribution in [0.2, 0.25) is 0 Å². The van der Waals surface area contributed by atoms with Crippen LogP contribution in [0.25, 0.3) is 0 Å². The van der Waals surface area contributed by atoms with Crippen LogP contribution in [-0.2, 0) is 15.8 Å². The molecule has 0 radical (unpaired) electrons. The number of halogens is 3. The van der Waals surface area contributed by atoms with Crippen molar-refractivity contribution >= 4 is 11.9 Å². The van der Waals surface area contributed by atoms with Gasteiger partial charge in [-0.15, -0.1) is 0 Å². The molecule has 2 N–H and O–H groups in total. The Hall–Kier alpha value is -2.05. The smallest absolute Gasteiger partial charge is 0.416 e. The normalized spacial score (nSPS) is 14.4. The summed E-state index contributed by atoms with van der Waals surface area (Å²) in [5.74, 6) is -2.77. The number of aliphatic carboxylic acids is 1. The van der Waals surface area contributed by atoms with Gasteiger partial charge in [-0.25, -0.2) is 4.79 Å². The SMILES string of the molecule is CC(CC(=O)N[C@H](C(=O)O)C(C)C)c1ccccc1C(F)(F)F. The van der Waals surface area contributed by atoms with Crippen molar-refractivity contribution in [1.29, 1.82) is 0 Å². The molecule has 23 heavy (non-hydrogen) atoms. The van der Waals surface area contributed by atoms with E-state index in [-0.39, 0.29) is 17.9 Å². The molecule has 0 aromatic heterocycles. The summed E-state index contributed by atoms with van der Waals surface area (Å²) in [5.41, 5.74) is -0.759. The van der Waals surface area contributed by atoms with E-state index < -0.39 is 35.6 Å². The summed E-state index contributed by atoms with van der Waals surface area (Å²) in [5, 5.41) is 11.4. The molecule has 0 aliphatic heterocycles. The van der Waals surface area contributed by atoms with Crippen molar-refractivity contribution in [2.75, 3.05) is 0 Å². The molecular formula is C16H20F3NO3. The van der Waals surface area contributed by atoms with Gasteiger partial charge in [-0.3, -0.25) is 4.79 Å². The van der Waals surface area contributed by atoms with Gasteiger partial charge >= 0.3 is 12.1 Å². The number of rotatable bonds is 6. The van der Waals surface area contributed by atoms with Gasteiger partial charge < -0.3 is 10.4 Å². The van der Waals surface area contributed by atoms with E-state index in [1.165, 1.54) is 25.1 Å². The van der Waals surface area contributed by atoms with E-state index >= 15 is 0 Å². The zero-order valence-corrected chi connectivity index (χ0v) is 13.1. The Morgan fingerprint density at radius 2 is 1.74 bits per heavy atom. The maximum absolute atomic E-state index is 13.0. The average molecular weight is 331 g/mol. The molecule has 0 saturated heterocycles. The summed E-state index contributed by atoms with van der Waals surface area (Å²) < 4.78 is 39.0. The van der Waals surface area contributed by atoms with Gasteiger partial charge in [-0.05, 0) is 23.5 Å². The fourth-order valence-electron chi connectivity index (χ4n) is 2.32. The van der Waals surface area contributed by atoms with Crippen LogP contribution in [0.4, 0.5) is 13.2 Å². The first-order chi connectivity index (χ1) is 10.5. The summed E-state index contributed by atoms with van der Waals surface area (Å²) in [6, 6.07) is 4.01. The van der Waals surface area contributed by atoms with Gasteiger partial charge in [0.1, 0.15) is 6.04 Å². The van der Waals surface area contributed by atoms with Crippen molar-refractivity contribution in [2.45, 2.75) is 45.3 Å². The number of benzene rings is 1. The largest absolute Gasteiger partial charge is 0.480 e. The van der Waals surface area contributed by atoms with Crippen LogP contribution in [0.5, 0.6) is 0 Å². The first-order valence-electron chi connectivity index (χ1n) is 7.22. The average Bonchev–Trinajstić information content (AvgIpc) is 2.43. The first-order valence-corrected chi connectivity index (χ1v) is 7.22. The molecule has 0 aliphatic carbocycles. The number of hydrogen-bond donors (Lipinski definition) is 2. The van der Waals surface area contributed by atoms with Crippen molar-refractivity contribution in [2.24, 2.45) is 5.92 Å². The zero-order valence-electron chi connectivity index (χ0n) is 13.1. The molecule has 0 saturated carbocycles. The van der Waals surface area contributed by atoms with Crippen LogP contribution in [0.1, 0.15) is 44.2 Å². The van der Waals surface area contributed by atoms with Gasteiger partial charge in [0.05, 0.1) is 5.56 Å². The van der Waals surface area contributed by atoms with Crippen LogP contribution in [0.3, 0.4) is 0 Å². The minimum atomic E-state index is -4.50. The molecule has 2 atom stereocenters. The van der Waals surface area contributed by atoms with E-state index in [4.69, 9.17) is 5.11 Å². The van der Waals surface area contributed by atoms with Gasteiger partial charge in [0.15, 0.2) is 0 Å². The lowest BCUT2D eigenvalue weighted by molar-refractivity contribution is -0.143. The highest BCUT2D eigenvalue weighted by molar-refractivity contribution is 5.84. The maximum atomic E-state index is 13.0. The molecule has 0 aliphatic rings. The fourth-order valence-corrected chi connectivity index (χ4v) is 2.32. The third-order valence-corrected chi connectivity index (χ3v) is 3.54. The van der Waals surface area contributed by atoms with Gasteiger partial charge in [-0.1, -0.05) is 39.0 Å². The summed E-state index contributed by atoms with van der Waals surface area (Å²) in [4.78, 5) is 23.0. The standard InChI is InChI=1S/C16H20F3NO3/c1-9(2)14(15(22)23)20-13(21)8-10(3)11-6-4-5-7-12(11)16(17,18)19/h4-7,9-10,14H,8H2,1-3H3,(H,20,21)(H,22,23)/t10?,14-/m0/s1. The van der Waals surface area contributed by atoms with Crippen molar-refractivity contribution < 1.29 is 27.9 Å². The molecule has 1 aromatic carbocycles. The van der Waals surface area contributed by atoms with E-state index in [0.29, 0.717) is 0 Å². The van der Waals surface area contributed by atoms with Gasteiger partial charge in [-0.2, -0.15) is 13.2 Å². The predicted molar refractivity (Wildman–Crippen MR) is 78.9 cm³/mol. The first kappa shape index (κ1) is 19.0. The molecule has 1 unspecified atom stereocenters. The highest BCUT2D eigenvalue weighted by Gasteiger charge is 2.34. The molecule has 128 valence electrons. The topological polar surface area (TPSA) is 66.4 Å². The lowest BCUT2D eigenvalue weighted by Gasteiger charge is -2.21. The molecular weight excluding hydrogens is 311 g/mol. The lowest BCUT2D eigenvalue weighted by Crippen LogP contribution is -2.44. The van der Waals surface area contributed by atoms with Crippen molar-refractivity contribution in [3.05, 3.63) is 35.4 Å². The number of carboxylic acid groups (broad SMARTS) is 1. The number of hydrogen-bond acceptors (Lipinski definition) is 2. The highest BCUT2D eigenvalue weighted by atomic mass is 19.4. The van der Waals surface area contributed by atoms with Crippen molar-refractivity contribution in [3.63, 3.8) is 0 Å². The predicted octanol–water partition coefficient (Wildman–Crippen LogP) is 3.42. The maximum Gasteiger partial charge on any atom is 0.416 e. The summed E-state index contributed by atoms with van der Waals surface area (Å²) >= 11 is 0. The number of amides is 1. The molecule has 4 nitrogen and oxygen atoms in total. The number of carboxylic acids is 1. The number of carbonyl (C=O) groups excluding carboxylic acids is 1. The third kappa shape index (κ3) is 5.26. The van der Waals surface area contributed by atoms with Crippen LogP contribution in [-0.4, -0.2) is 23.0 Å². The number of alkyl halides is 3. The minimum absolute atomic E-state index is 0.0200. The fraction of sp³-hybridized carbons (Fsp3) is 0.500. The molecule has 7 heteroatoms. The molecule has 1 rings (SSSR count). The second-order valence-electron chi connectivity index (χ2n) is 5.82. The summed E-state index contributed by atoms with van der Waals surface area (Å²) in [6.07, 6.45) is -4.72. The molecule has 0 fully saturated rings. The van der Waals surface area contributed by atoms with Gasteiger partial charge in [0.25, 0.3) is 0 Å². The Morgan fingerprint density at radius 1 is 1.17 bits per heavy atom. The number of nitrogens with one attached hydrogen (secondary N) is 1. The summed E-state index contributed by atoms with van der Waals surface area (Å²) in [6.45, 7) is 4.79. The molecule has 0 bridgehead atoms. The van der Waals surface area contributed by atoms with Crippen LogP contribution in [0.15, 0.2) is 24.3 Å². The Kier molecular flexibility index (Phi) is 6.18. The minimum Gasteiger partial charge on any atom is -0.480 e. The highest BCUT2D eigenvalue weighted by Crippen LogP contribution is 2.35. The van der Waals surface area contributed by atoms with Crippen LogP contribution in [0, 0.1) is 5.92 Å². The Labute approximate surface area is 132 Å². The second kappa shape index (κ2) is 7.48. The van der Waals surface area contributed by atoms with E-state index in [0.717, 1.165) is 6.07 Å². The Balaban J connectivity index is 2.86. The zero-order chi connectivity index (χ0) is 17.8. The lowest BCUT2D eigenvalue weighted by atomic mass is 9.92. The quantitative estimate of drug-likeness (QED) is 0.839. The molecule has 1 amide bonds. The van der Waals surface area contributed by atoms with Crippen molar-refractivity contribution in [3.8, 4) is 0 Å². The van der Waals surface area contributed by atoms with E-state index in [2.05, 4.69) is 5.32 Å². The van der Waals surface area contributed by atoms with E-state index in [9.17, 15) is 22.8 Å². The molecule has 0 spiro atoms. The van der Waals surface area contributed by atoms with E-state index in [1.807, 2.05) is 0 Å². The van der Waals surface area contributed by atoms with Gasteiger partial charge in [0, 0.05) is 6.42 Å². The third-order valence-electron chi connectivity index (χ3n) is 3.54. The second-order valence-corrected chi connectivity index (χ2v) is 5.82. The Morgan fingerprint density at radius 3 is 2.22 bits per heavy atom. The molecule has 0 heterocycles. The van der Waals surface area contributed by atoms with Gasteiger partial charge in [0.2, 0.25) is 5.91 Å². The monoisotopic (exact) mass is 331 g/mol. The Bertz CT molecular complexity index is 570. The van der Waals surface area contributed by atoms with Crippen LogP contribution < -0.4 is 5.32 Å². The number of carbonyl (C=O) groups is 2. The van der Waals surface area contributed by atoms with Crippen molar-refractivity contribution in [1.82, 2.24) is 5.32 Å². The summed E-state index contributed by atoms with van der Waals surface area (Å²) in [7, 11) is 0. The van der Waals surface area contributed by atoms with E-state index in [1.54, 1.807) is 13.8 Å². The molecule has 1 aromatic rings. The van der Waals surface area contributed by atoms with Crippen LogP contribution >= 0.6 is 0 Å².